The molecule has 18 heavy (non-hydrogen) atoms. The zero-order valence-corrected chi connectivity index (χ0v) is 10.5. The Morgan fingerprint density at radius 2 is 2.00 bits per heavy atom. The molecule has 1 aromatic heterocycles. The summed E-state index contributed by atoms with van der Waals surface area (Å²) in [6, 6.07) is 4.30. The first kappa shape index (κ1) is 12.6. The highest BCUT2D eigenvalue weighted by atomic mass is 79.9. The van der Waals surface area contributed by atoms with Gasteiger partial charge in [0, 0.05) is 10.7 Å². The van der Waals surface area contributed by atoms with Crippen LogP contribution in [0.3, 0.4) is 0 Å². The molecule has 0 bridgehead atoms. The van der Waals surface area contributed by atoms with Gasteiger partial charge in [0.2, 0.25) is 0 Å². The molecule has 0 aliphatic carbocycles. The summed E-state index contributed by atoms with van der Waals surface area (Å²) in [7, 11) is 0. The third kappa shape index (κ3) is 2.89. The summed E-state index contributed by atoms with van der Waals surface area (Å²) in [5, 5.41) is 2.43. The average Bonchev–Trinajstić information content (AvgIpc) is 2.32. The molecule has 92 valence electrons. The molecule has 0 fully saturated rings. The number of carbonyl (C=O) groups excluding carboxylic acids is 1. The van der Waals surface area contributed by atoms with Gasteiger partial charge in [-0.3, -0.25) is 9.78 Å². The predicted octanol–water partition coefficient (Wildman–Crippen LogP) is 3.37. The Morgan fingerprint density at radius 1 is 1.22 bits per heavy atom. The minimum Gasteiger partial charge on any atom is -0.320 e. The first-order valence-electron chi connectivity index (χ1n) is 4.93. The monoisotopic (exact) mass is 312 g/mol. The molecule has 0 atom stereocenters. The molecule has 6 heteroatoms. The summed E-state index contributed by atoms with van der Waals surface area (Å²) in [6.07, 6.45) is 2.94. The summed E-state index contributed by atoms with van der Waals surface area (Å²) in [5.41, 5.74) is 0.0352. The number of rotatable bonds is 2. The maximum Gasteiger partial charge on any atom is 0.258 e. The minimum absolute atomic E-state index is 0.352. The molecule has 0 aliphatic rings. The van der Waals surface area contributed by atoms with Gasteiger partial charge in [-0.05, 0) is 40.2 Å². The van der Waals surface area contributed by atoms with E-state index in [2.05, 4.69) is 26.2 Å². The van der Waals surface area contributed by atoms with Crippen LogP contribution in [0.25, 0.3) is 0 Å². The molecule has 1 amide bonds. The Kier molecular flexibility index (Phi) is 3.66. The summed E-state index contributed by atoms with van der Waals surface area (Å²) < 4.78 is 27.0. The quantitative estimate of drug-likeness (QED) is 0.923. The van der Waals surface area contributed by atoms with Crippen molar-refractivity contribution in [2.45, 2.75) is 0 Å². The van der Waals surface area contributed by atoms with Crippen molar-refractivity contribution < 1.29 is 13.6 Å². The Bertz CT molecular complexity index is 604. The van der Waals surface area contributed by atoms with Crippen molar-refractivity contribution >= 4 is 27.5 Å². The van der Waals surface area contributed by atoms with E-state index in [-0.39, 0.29) is 5.56 Å². The van der Waals surface area contributed by atoms with Crippen molar-refractivity contribution in [2.24, 2.45) is 0 Å². The highest BCUT2D eigenvalue weighted by Crippen LogP contribution is 2.16. The second-order valence-corrected chi connectivity index (χ2v) is 4.39. The third-order valence-electron chi connectivity index (χ3n) is 2.14. The topological polar surface area (TPSA) is 42.0 Å². The number of benzene rings is 1. The lowest BCUT2D eigenvalue weighted by atomic mass is 10.2. The highest BCUT2D eigenvalue weighted by Gasteiger charge is 2.13. The lowest BCUT2D eigenvalue weighted by Gasteiger charge is -2.06. The van der Waals surface area contributed by atoms with Crippen molar-refractivity contribution in [2.75, 3.05) is 5.32 Å². The molecule has 1 heterocycles. The largest absolute Gasteiger partial charge is 0.320 e. The first-order chi connectivity index (χ1) is 8.56. The molecule has 0 unspecified atom stereocenters. The van der Waals surface area contributed by atoms with Crippen LogP contribution in [0.1, 0.15) is 10.4 Å². The van der Waals surface area contributed by atoms with E-state index in [9.17, 15) is 13.6 Å². The number of amides is 1. The number of nitrogens with one attached hydrogen (secondary N) is 1. The molecule has 0 aliphatic heterocycles. The molecule has 1 N–H and O–H groups in total. The Hall–Kier alpha value is -1.82. The number of nitrogens with zero attached hydrogens (tertiary/aromatic N) is 1. The third-order valence-corrected chi connectivity index (χ3v) is 2.57. The van der Waals surface area contributed by atoms with Crippen molar-refractivity contribution in [3.05, 3.63) is 58.3 Å². The normalized spacial score (nSPS) is 10.2. The SMILES string of the molecule is O=C(Nc1cncc(Br)c1)c1cc(F)ccc1F. The van der Waals surface area contributed by atoms with Gasteiger partial charge in [-0.1, -0.05) is 0 Å². The molecule has 1 aromatic carbocycles. The van der Waals surface area contributed by atoms with E-state index < -0.39 is 17.5 Å². The second kappa shape index (κ2) is 5.22. The summed E-state index contributed by atoms with van der Waals surface area (Å²) >= 11 is 3.19. The number of hydrogen-bond acceptors (Lipinski definition) is 2. The van der Waals surface area contributed by atoms with Crippen LogP contribution in [0, 0.1) is 11.6 Å². The van der Waals surface area contributed by atoms with Crippen molar-refractivity contribution in [3.63, 3.8) is 0 Å². The van der Waals surface area contributed by atoms with Gasteiger partial charge in [0.05, 0.1) is 17.4 Å². The smallest absolute Gasteiger partial charge is 0.258 e. The van der Waals surface area contributed by atoms with Crippen LogP contribution < -0.4 is 5.32 Å². The fourth-order valence-corrected chi connectivity index (χ4v) is 1.71. The lowest BCUT2D eigenvalue weighted by Crippen LogP contribution is -2.14. The molecule has 2 aromatic rings. The molecule has 0 saturated carbocycles. The van der Waals surface area contributed by atoms with Crippen LogP contribution in [0.4, 0.5) is 14.5 Å². The standard InChI is InChI=1S/C12H7BrF2N2O/c13-7-3-9(6-16-5-7)17-12(18)10-4-8(14)1-2-11(10)15/h1-6H,(H,17,18). The van der Waals surface area contributed by atoms with Crippen molar-refractivity contribution in [1.82, 2.24) is 4.98 Å². The van der Waals surface area contributed by atoms with E-state index >= 15 is 0 Å². The van der Waals surface area contributed by atoms with E-state index in [1.807, 2.05) is 0 Å². The van der Waals surface area contributed by atoms with Gasteiger partial charge in [-0.25, -0.2) is 8.78 Å². The summed E-state index contributed by atoms with van der Waals surface area (Å²) in [6.45, 7) is 0. The second-order valence-electron chi connectivity index (χ2n) is 3.47. The van der Waals surface area contributed by atoms with Crippen molar-refractivity contribution in [1.29, 1.82) is 0 Å². The summed E-state index contributed by atoms with van der Waals surface area (Å²) in [4.78, 5) is 15.6. The lowest BCUT2D eigenvalue weighted by molar-refractivity contribution is 0.102. The predicted molar refractivity (Wildman–Crippen MR) is 66.2 cm³/mol. The number of halogens is 3. The first-order valence-corrected chi connectivity index (χ1v) is 5.72. The fraction of sp³-hybridized carbons (Fsp3) is 0. The van der Waals surface area contributed by atoms with Gasteiger partial charge in [0.15, 0.2) is 0 Å². The van der Waals surface area contributed by atoms with E-state index in [4.69, 9.17) is 0 Å². The van der Waals surface area contributed by atoms with E-state index in [1.165, 1.54) is 6.20 Å². The van der Waals surface area contributed by atoms with Crippen LogP contribution >= 0.6 is 15.9 Å². The Labute approximate surface area is 110 Å². The number of anilines is 1. The van der Waals surface area contributed by atoms with Crippen molar-refractivity contribution in [3.8, 4) is 0 Å². The Morgan fingerprint density at radius 3 is 2.72 bits per heavy atom. The maximum absolute atomic E-state index is 13.3. The molecule has 0 saturated heterocycles. The van der Waals surface area contributed by atoms with Gasteiger partial charge in [0.1, 0.15) is 11.6 Å². The van der Waals surface area contributed by atoms with E-state index in [0.717, 1.165) is 18.2 Å². The van der Waals surface area contributed by atoms with Gasteiger partial charge >= 0.3 is 0 Å². The van der Waals surface area contributed by atoms with Crippen LogP contribution in [-0.4, -0.2) is 10.9 Å². The van der Waals surface area contributed by atoms with Crippen LogP contribution in [-0.2, 0) is 0 Å². The van der Waals surface area contributed by atoms with Gasteiger partial charge in [-0.2, -0.15) is 0 Å². The van der Waals surface area contributed by atoms with Gasteiger partial charge in [0.25, 0.3) is 5.91 Å². The molecular formula is C12H7BrF2N2O. The maximum atomic E-state index is 13.3. The molecule has 3 nitrogen and oxygen atoms in total. The molecule has 0 radical (unpaired) electrons. The molecule has 2 rings (SSSR count). The summed E-state index contributed by atoms with van der Waals surface area (Å²) in [5.74, 6) is -2.18. The number of carbonyl (C=O) groups is 1. The van der Waals surface area contributed by atoms with Gasteiger partial charge < -0.3 is 5.32 Å². The van der Waals surface area contributed by atoms with E-state index in [1.54, 1.807) is 12.3 Å². The Balaban J connectivity index is 2.24. The minimum atomic E-state index is -0.781. The van der Waals surface area contributed by atoms with Crippen LogP contribution in [0.5, 0.6) is 0 Å². The number of hydrogen-bond donors (Lipinski definition) is 1. The molecule has 0 spiro atoms. The van der Waals surface area contributed by atoms with Crippen LogP contribution in [0.2, 0.25) is 0 Å². The molecular weight excluding hydrogens is 306 g/mol. The fourth-order valence-electron chi connectivity index (χ4n) is 1.35. The van der Waals surface area contributed by atoms with Gasteiger partial charge in [-0.15, -0.1) is 0 Å². The van der Waals surface area contributed by atoms with E-state index in [0.29, 0.717) is 10.2 Å². The zero-order chi connectivity index (χ0) is 13.1. The zero-order valence-electron chi connectivity index (χ0n) is 8.95. The highest BCUT2D eigenvalue weighted by molar-refractivity contribution is 9.10. The average molecular weight is 313 g/mol. The van der Waals surface area contributed by atoms with Crippen LogP contribution in [0.15, 0.2) is 41.1 Å². The number of pyridine rings is 1. The number of aromatic nitrogens is 1.